The highest BCUT2D eigenvalue weighted by Crippen LogP contribution is 2.21. The maximum absolute atomic E-state index is 6.30. The van der Waals surface area contributed by atoms with Crippen LogP contribution in [0.1, 0.15) is 34.7 Å². The van der Waals surface area contributed by atoms with E-state index in [0.29, 0.717) is 0 Å². The van der Waals surface area contributed by atoms with E-state index in [1.165, 1.54) is 22.3 Å². The molecule has 94 valence electrons. The van der Waals surface area contributed by atoms with Gasteiger partial charge in [0.25, 0.3) is 0 Å². The minimum absolute atomic E-state index is 0.109. The number of benzene rings is 1. The van der Waals surface area contributed by atoms with Crippen LogP contribution in [-0.2, 0) is 6.42 Å². The molecule has 0 amide bonds. The molecule has 1 heterocycles. The van der Waals surface area contributed by atoms with Crippen LogP contribution < -0.4 is 5.73 Å². The predicted molar refractivity (Wildman–Crippen MR) is 75.4 cm³/mol. The summed E-state index contributed by atoms with van der Waals surface area (Å²) in [5.41, 5.74) is 11.4. The topological polar surface area (TPSA) is 38.9 Å². The van der Waals surface area contributed by atoms with Crippen molar-refractivity contribution in [2.75, 3.05) is 0 Å². The zero-order valence-corrected chi connectivity index (χ0v) is 11.1. The van der Waals surface area contributed by atoms with Crippen molar-refractivity contribution in [1.82, 2.24) is 4.98 Å². The second kappa shape index (κ2) is 5.78. The lowest BCUT2D eigenvalue weighted by Gasteiger charge is -2.15. The number of rotatable bonds is 4. The molecule has 0 fully saturated rings. The van der Waals surface area contributed by atoms with Crippen LogP contribution in [0.15, 0.2) is 42.7 Å². The standard InChI is InChI=1S/C16H20N2/c1-12-3-4-13(2)15(11-12)16(17)6-5-14-7-9-18-10-8-14/h3-4,7-11,16H,5-6,17H2,1-2H3. The van der Waals surface area contributed by atoms with E-state index >= 15 is 0 Å². The van der Waals surface area contributed by atoms with E-state index in [-0.39, 0.29) is 6.04 Å². The van der Waals surface area contributed by atoms with Gasteiger partial charge in [0.05, 0.1) is 0 Å². The Morgan fingerprint density at radius 2 is 1.83 bits per heavy atom. The smallest absolute Gasteiger partial charge is 0.0300 e. The second-order valence-corrected chi connectivity index (χ2v) is 4.86. The summed E-state index contributed by atoms with van der Waals surface area (Å²) >= 11 is 0. The van der Waals surface area contributed by atoms with Crippen LogP contribution >= 0.6 is 0 Å². The third-order valence-electron chi connectivity index (χ3n) is 3.33. The molecule has 1 unspecified atom stereocenters. The van der Waals surface area contributed by atoms with Crippen LogP contribution in [0.2, 0.25) is 0 Å². The molecule has 0 aliphatic heterocycles. The lowest BCUT2D eigenvalue weighted by atomic mass is 9.95. The SMILES string of the molecule is Cc1ccc(C)c(C(N)CCc2ccncc2)c1. The van der Waals surface area contributed by atoms with Gasteiger partial charge in [0, 0.05) is 18.4 Å². The molecule has 2 aromatic rings. The third kappa shape index (κ3) is 3.17. The Labute approximate surface area is 109 Å². The van der Waals surface area contributed by atoms with Crippen LogP contribution in [0.4, 0.5) is 0 Å². The van der Waals surface area contributed by atoms with Crippen LogP contribution in [0.3, 0.4) is 0 Å². The summed E-state index contributed by atoms with van der Waals surface area (Å²) in [4.78, 5) is 4.03. The van der Waals surface area contributed by atoms with Gasteiger partial charge in [-0.05, 0) is 55.5 Å². The van der Waals surface area contributed by atoms with E-state index in [9.17, 15) is 0 Å². The zero-order chi connectivity index (χ0) is 13.0. The van der Waals surface area contributed by atoms with E-state index in [0.717, 1.165) is 12.8 Å². The molecule has 1 aromatic carbocycles. The van der Waals surface area contributed by atoms with Gasteiger partial charge in [-0.3, -0.25) is 4.98 Å². The molecule has 18 heavy (non-hydrogen) atoms. The van der Waals surface area contributed by atoms with Gasteiger partial charge in [-0.2, -0.15) is 0 Å². The number of nitrogens with zero attached hydrogens (tertiary/aromatic N) is 1. The third-order valence-corrected chi connectivity index (χ3v) is 3.33. The first-order valence-electron chi connectivity index (χ1n) is 6.38. The fourth-order valence-corrected chi connectivity index (χ4v) is 2.19. The molecule has 0 aliphatic carbocycles. The number of aryl methyl sites for hydroxylation is 3. The predicted octanol–water partition coefficient (Wildman–Crippen LogP) is 3.33. The molecule has 0 saturated carbocycles. The first-order chi connectivity index (χ1) is 8.66. The van der Waals surface area contributed by atoms with Crippen molar-refractivity contribution in [3.8, 4) is 0 Å². The van der Waals surface area contributed by atoms with Crippen LogP contribution in [0.5, 0.6) is 0 Å². The van der Waals surface area contributed by atoms with Crippen molar-refractivity contribution in [2.24, 2.45) is 5.73 Å². The lowest BCUT2D eigenvalue weighted by Crippen LogP contribution is -2.13. The highest BCUT2D eigenvalue weighted by atomic mass is 14.6. The van der Waals surface area contributed by atoms with Crippen molar-refractivity contribution >= 4 is 0 Å². The lowest BCUT2D eigenvalue weighted by molar-refractivity contribution is 0.647. The summed E-state index contributed by atoms with van der Waals surface area (Å²) in [6.45, 7) is 4.24. The van der Waals surface area contributed by atoms with Crippen molar-refractivity contribution in [1.29, 1.82) is 0 Å². The highest BCUT2D eigenvalue weighted by molar-refractivity contribution is 5.32. The van der Waals surface area contributed by atoms with Crippen molar-refractivity contribution in [3.05, 3.63) is 65.0 Å². The van der Waals surface area contributed by atoms with E-state index in [1.807, 2.05) is 12.4 Å². The Morgan fingerprint density at radius 1 is 1.11 bits per heavy atom. The monoisotopic (exact) mass is 240 g/mol. The summed E-state index contributed by atoms with van der Waals surface area (Å²) < 4.78 is 0. The van der Waals surface area contributed by atoms with E-state index < -0.39 is 0 Å². The van der Waals surface area contributed by atoms with E-state index in [2.05, 4.69) is 49.2 Å². The molecule has 0 bridgehead atoms. The average Bonchev–Trinajstić information content (AvgIpc) is 2.40. The van der Waals surface area contributed by atoms with E-state index in [4.69, 9.17) is 5.73 Å². The average molecular weight is 240 g/mol. The van der Waals surface area contributed by atoms with Gasteiger partial charge < -0.3 is 5.73 Å². The summed E-state index contributed by atoms with van der Waals surface area (Å²) in [7, 11) is 0. The quantitative estimate of drug-likeness (QED) is 0.890. The summed E-state index contributed by atoms with van der Waals surface area (Å²) in [6, 6.07) is 10.7. The number of pyridine rings is 1. The van der Waals surface area contributed by atoms with Gasteiger partial charge in [0.2, 0.25) is 0 Å². The normalized spacial score (nSPS) is 12.4. The van der Waals surface area contributed by atoms with Gasteiger partial charge in [0.15, 0.2) is 0 Å². The Bertz CT molecular complexity index is 506. The van der Waals surface area contributed by atoms with Crippen molar-refractivity contribution < 1.29 is 0 Å². The molecule has 1 atom stereocenters. The number of hydrogen-bond acceptors (Lipinski definition) is 2. The molecule has 0 aliphatic rings. The summed E-state index contributed by atoms with van der Waals surface area (Å²) in [5.74, 6) is 0. The summed E-state index contributed by atoms with van der Waals surface area (Å²) in [6.07, 6.45) is 5.63. The van der Waals surface area contributed by atoms with Crippen molar-refractivity contribution in [3.63, 3.8) is 0 Å². The first-order valence-corrected chi connectivity index (χ1v) is 6.38. The molecule has 2 heteroatoms. The molecular formula is C16H20N2. The van der Waals surface area contributed by atoms with Gasteiger partial charge in [-0.15, -0.1) is 0 Å². The Hall–Kier alpha value is -1.67. The van der Waals surface area contributed by atoms with Gasteiger partial charge in [0.1, 0.15) is 0 Å². The van der Waals surface area contributed by atoms with Crippen LogP contribution in [0.25, 0.3) is 0 Å². The Balaban J connectivity index is 2.03. The van der Waals surface area contributed by atoms with E-state index in [1.54, 1.807) is 0 Å². The molecule has 2 N–H and O–H groups in total. The molecular weight excluding hydrogens is 220 g/mol. The zero-order valence-electron chi connectivity index (χ0n) is 11.1. The molecule has 2 rings (SSSR count). The fourth-order valence-electron chi connectivity index (χ4n) is 2.19. The van der Waals surface area contributed by atoms with Gasteiger partial charge in [-0.1, -0.05) is 23.8 Å². The first kappa shape index (κ1) is 12.8. The maximum Gasteiger partial charge on any atom is 0.0300 e. The summed E-state index contributed by atoms with van der Waals surface area (Å²) in [5, 5.41) is 0. The Morgan fingerprint density at radius 3 is 2.56 bits per heavy atom. The Kier molecular flexibility index (Phi) is 4.11. The second-order valence-electron chi connectivity index (χ2n) is 4.86. The maximum atomic E-state index is 6.30. The van der Waals surface area contributed by atoms with Crippen LogP contribution in [0, 0.1) is 13.8 Å². The molecule has 0 saturated heterocycles. The number of nitrogens with two attached hydrogens (primary N) is 1. The van der Waals surface area contributed by atoms with Gasteiger partial charge >= 0.3 is 0 Å². The number of aromatic nitrogens is 1. The van der Waals surface area contributed by atoms with Crippen molar-refractivity contribution in [2.45, 2.75) is 32.7 Å². The number of hydrogen-bond donors (Lipinski definition) is 1. The highest BCUT2D eigenvalue weighted by Gasteiger charge is 2.09. The molecule has 1 aromatic heterocycles. The molecule has 0 radical (unpaired) electrons. The largest absolute Gasteiger partial charge is 0.324 e. The van der Waals surface area contributed by atoms with Gasteiger partial charge in [-0.25, -0.2) is 0 Å². The minimum atomic E-state index is 0.109. The minimum Gasteiger partial charge on any atom is -0.324 e. The van der Waals surface area contributed by atoms with Crippen LogP contribution in [-0.4, -0.2) is 4.98 Å². The fraction of sp³-hybridized carbons (Fsp3) is 0.312. The molecule has 2 nitrogen and oxygen atoms in total. The molecule has 0 spiro atoms.